The van der Waals surface area contributed by atoms with E-state index in [1.807, 2.05) is 13.1 Å². The minimum absolute atomic E-state index is 0. The maximum atomic E-state index is 12.5. The quantitative estimate of drug-likeness (QED) is 0.925. The average molecular weight is 320 g/mol. The smallest absolute Gasteiger partial charge is 0.435 e. The first-order valence-electron chi connectivity index (χ1n) is 6.06. The fourth-order valence-corrected chi connectivity index (χ4v) is 2.20. The highest BCUT2D eigenvalue weighted by atomic mass is 35.5. The molecule has 1 aromatic heterocycles. The Labute approximate surface area is 125 Å². The van der Waals surface area contributed by atoms with Crippen molar-refractivity contribution in [2.24, 2.45) is 0 Å². The fourth-order valence-electron chi connectivity index (χ4n) is 2.20. The van der Waals surface area contributed by atoms with Crippen molar-refractivity contribution in [1.82, 2.24) is 15.1 Å². The highest BCUT2D eigenvalue weighted by Crippen LogP contribution is 2.34. The molecule has 0 radical (unpaired) electrons. The summed E-state index contributed by atoms with van der Waals surface area (Å²) in [6, 6.07) is 6.32. The summed E-state index contributed by atoms with van der Waals surface area (Å²) in [4.78, 5) is 0. The first-order chi connectivity index (χ1) is 9.49. The van der Waals surface area contributed by atoms with Crippen LogP contribution >= 0.6 is 12.4 Å². The van der Waals surface area contributed by atoms with Crippen LogP contribution in [0.5, 0.6) is 5.75 Å². The van der Waals surface area contributed by atoms with Gasteiger partial charge >= 0.3 is 6.18 Å². The van der Waals surface area contributed by atoms with Crippen molar-refractivity contribution in [1.29, 1.82) is 0 Å². The maximum Gasteiger partial charge on any atom is 0.435 e. The van der Waals surface area contributed by atoms with E-state index in [0.29, 0.717) is 18.0 Å². The highest BCUT2D eigenvalue weighted by molar-refractivity contribution is 5.85. The monoisotopic (exact) mass is 319 g/mol. The molecule has 0 saturated heterocycles. The zero-order valence-corrected chi connectivity index (χ0v) is 11.8. The predicted molar refractivity (Wildman–Crippen MR) is 73.1 cm³/mol. The van der Waals surface area contributed by atoms with Gasteiger partial charge < -0.3 is 10.1 Å². The van der Waals surface area contributed by atoms with Crippen molar-refractivity contribution in [3.05, 3.63) is 41.7 Å². The number of halogens is 4. The molecule has 1 atom stereocenters. The number of fused-ring (bicyclic) bond motifs is 1. The molecule has 0 spiro atoms. The molecule has 3 rings (SSSR count). The molecule has 0 aliphatic carbocycles. The van der Waals surface area contributed by atoms with Crippen molar-refractivity contribution in [3.63, 3.8) is 0 Å². The number of nitrogens with zero attached hydrogens (tertiary/aromatic N) is 2. The van der Waals surface area contributed by atoms with E-state index in [-0.39, 0.29) is 18.4 Å². The molecule has 0 fully saturated rings. The number of aromatic nitrogens is 2. The van der Waals surface area contributed by atoms with Gasteiger partial charge in [-0.3, -0.25) is 0 Å². The van der Waals surface area contributed by atoms with E-state index >= 15 is 0 Å². The molecule has 1 N–H and O–H groups in total. The van der Waals surface area contributed by atoms with Gasteiger partial charge in [-0.2, -0.15) is 18.3 Å². The third kappa shape index (κ3) is 2.84. The summed E-state index contributed by atoms with van der Waals surface area (Å²) in [5.74, 6) is 0.672. The minimum atomic E-state index is -4.43. The summed E-state index contributed by atoms with van der Waals surface area (Å²) in [5.41, 5.74) is 0.627. The van der Waals surface area contributed by atoms with E-state index in [0.717, 1.165) is 11.6 Å². The van der Waals surface area contributed by atoms with Crippen LogP contribution in [0, 0.1) is 0 Å². The molecule has 1 aliphatic rings. The lowest BCUT2D eigenvalue weighted by molar-refractivity contribution is -0.141. The summed E-state index contributed by atoms with van der Waals surface area (Å²) in [5, 5.41) is 6.64. The second kappa shape index (κ2) is 5.57. The van der Waals surface area contributed by atoms with E-state index in [2.05, 4.69) is 10.4 Å². The van der Waals surface area contributed by atoms with E-state index in [1.165, 1.54) is 10.9 Å². The molecular formula is C13H13ClF3N3O. The molecular weight excluding hydrogens is 307 g/mol. The SMILES string of the molecule is CN[C@@H]1COc2cc(-n3ccc(C(F)(F)F)n3)ccc21.Cl. The molecule has 0 bridgehead atoms. The number of nitrogens with one attached hydrogen (secondary N) is 1. The van der Waals surface area contributed by atoms with Crippen molar-refractivity contribution in [2.45, 2.75) is 12.2 Å². The standard InChI is InChI=1S/C13H12F3N3O.ClH/c1-17-10-7-20-11-6-8(2-3-9(10)11)19-5-4-12(18-19)13(14,15)16;/h2-6,10,17H,7H2,1H3;1H/t10-;/m1./s1. The van der Waals surface area contributed by atoms with Crippen LogP contribution in [0.2, 0.25) is 0 Å². The largest absolute Gasteiger partial charge is 0.491 e. The maximum absolute atomic E-state index is 12.5. The van der Waals surface area contributed by atoms with Crippen LogP contribution in [0.4, 0.5) is 13.2 Å². The van der Waals surface area contributed by atoms with E-state index in [4.69, 9.17) is 4.74 Å². The predicted octanol–water partition coefficient (Wildman–Crippen LogP) is 2.97. The van der Waals surface area contributed by atoms with E-state index < -0.39 is 11.9 Å². The van der Waals surface area contributed by atoms with Crippen LogP contribution in [0.1, 0.15) is 17.3 Å². The third-order valence-electron chi connectivity index (χ3n) is 3.27. The molecule has 114 valence electrons. The number of hydrogen-bond acceptors (Lipinski definition) is 3. The number of hydrogen-bond donors (Lipinski definition) is 1. The van der Waals surface area contributed by atoms with Gasteiger partial charge in [0, 0.05) is 17.8 Å². The van der Waals surface area contributed by atoms with Gasteiger partial charge in [-0.05, 0) is 19.2 Å². The molecule has 4 nitrogen and oxygen atoms in total. The molecule has 0 unspecified atom stereocenters. The van der Waals surface area contributed by atoms with Crippen LogP contribution < -0.4 is 10.1 Å². The summed E-state index contributed by atoms with van der Waals surface area (Å²) in [7, 11) is 1.83. The number of ether oxygens (including phenoxy) is 1. The van der Waals surface area contributed by atoms with Crippen LogP contribution in [0.25, 0.3) is 5.69 Å². The molecule has 8 heteroatoms. The van der Waals surface area contributed by atoms with Gasteiger partial charge in [-0.25, -0.2) is 4.68 Å². The molecule has 2 aromatic rings. The number of likely N-dealkylation sites (N-methyl/N-ethyl adjacent to an activating group) is 1. The van der Waals surface area contributed by atoms with Gasteiger partial charge in [0.1, 0.15) is 12.4 Å². The molecule has 2 heterocycles. The molecule has 0 amide bonds. The topological polar surface area (TPSA) is 39.1 Å². The second-order valence-electron chi connectivity index (χ2n) is 4.52. The Hall–Kier alpha value is -1.73. The Morgan fingerprint density at radius 1 is 1.33 bits per heavy atom. The number of alkyl halides is 3. The first-order valence-corrected chi connectivity index (χ1v) is 6.06. The highest BCUT2D eigenvalue weighted by Gasteiger charge is 2.33. The van der Waals surface area contributed by atoms with Crippen molar-refractivity contribution in [3.8, 4) is 11.4 Å². The second-order valence-corrected chi connectivity index (χ2v) is 4.52. The van der Waals surface area contributed by atoms with Crippen molar-refractivity contribution >= 4 is 12.4 Å². The fraction of sp³-hybridized carbons (Fsp3) is 0.308. The average Bonchev–Trinajstić information content (AvgIpc) is 3.04. The van der Waals surface area contributed by atoms with Crippen LogP contribution in [0.3, 0.4) is 0 Å². The Balaban J connectivity index is 0.00000161. The van der Waals surface area contributed by atoms with E-state index in [9.17, 15) is 13.2 Å². The Morgan fingerprint density at radius 3 is 2.71 bits per heavy atom. The van der Waals surface area contributed by atoms with Crippen molar-refractivity contribution < 1.29 is 17.9 Å². The van der Waals surface area contributed by atoms with Gasteiger partial charge in [0.2, 0.25) is 0 Å². The third-order valence-corrected chi connectivity index (χ3v) is 3.27. The summed E-state index contributed by atoms with van der Waals surface area (Å²) < 4.78 is 44.3. The van der Waals surface area contributed by atoms with E-state index in [1.54, 1.807) is 12.1 Å². The zero-order valence-electron chi connectivity index (χ0n) is 11.0. The van der Waals surface area contributed by atoms with Crippen molar-refractivity contribution in [2.75, 3.05) is 13.7 Å². The van der Waals surface area contributed by atoms with Crippen LogP contribution in [-0.4, -0.2) is 23.4 Å². The number of benzene rings is 1. The summed E-state index contributed by atoms with van der Waals surface area (Å²) in [6.07, 6.45) is -3.15. The minimum Gasteiger partial charge on any atom is -0.491 e. The van der Waals surface area contributed by atoms with Gasteiger partial charge in [-0.1, -0.05) is 6.07 Å². The lowest BCUT2D eigenvalue weighted by atomic mass is 10.1. The summed E-state index contributed by atoms with van der Waals surface area (Å²) in [6.45, 7) is 0.516. The normalized spacial score (nSPS) is 17.0. The molecule has 21 heavy (non-hydrogen) atoms. The Morgan fingerprint density at radius 2 is 2.10 bits per heavy atom. The van der Waals surface area contributed by atoms with Gasteiger partial charge in [0.05, 0.1) is 11.7 Å². The lowest BCUT2D eigenvalue weighted by Gasteiger charge is -2.07. The van der Waals surface area contributed by atoms with Gasteiger partial charge in [0.25, 0.3) is 0 Å². The number of rotatable bonds is 2. The molecule has 1 aliphatic heterocycles. The summed E-state index contributed by atoms with van der Waals surface area (Å²) >= 11 is 0. The van der Waals surface area contributed by atoms with Gasteiger partial charge in [0.15, 0.2) is 5.69 Å². The Bertz CT molecular complexity index is 642. The molecule has 0 saturated carbocycles. The lowest BCUT2D eigenvalue weighted by Crippen LogP contribution is -2.17. The molecule has 1 aromatic carbocycles. The van der Waals surface area contributed by atoms with Crippen LogP contribution in [-0.2, 0) is 6.18 Å². The van der Waals surface area contributed by atoms with Gasteiger partial charge in [-0.15, -0.1) is 12.4 Å². The van der Waals surface area contributed by atoms with Crippen LogP contribution in [0.15, 0.2) is 30.5 Å². The Kier molecular flexibility index (Phi) is 4.15. The first kappa shape index (κ1) is 15.7. The zero-order chi connectivity index (χ0) is 14.3.